The first kappa shape index (κ1) is 10.4. The molecule has 5 heteroatoms. The monoisotopic (exact) mass is 218 g/mol. The van der Waals surface area contributed by atoms with Crippen LogP contribution in [0, 0.1) is 11.0 Å². The van der Waals surface area contributed by atoms with Crippen molar-refractivity contribution in [1.82, 2.24) is 4.98 Å². The second kappa shape index (κ2) is 4.59. The van der Waals surface area contributed by atoms with Crippen molar-refractivity contribution >= 4 is 17.1 Å². The van der Waals surface area contributed by atoms with Crippen LogP contribution in [0.1, 0.15) is 0 Å². The Kier molecular flexibility index (Phi) is 2.98. The summed E-state index contributed by atoms with van der Waals surface area (Å²) in [6, 6.07) is 7.35. The molecule has 1 aromatic heterocycles. The van der Waals surface area contributed by atoms with Gasteiger partial charge in [0.05, 0.1) is 17.6 Å². The SMILES string of the molecule is [O-]Nc1ccc(F)cc1Nc1cccnc1. The van der Waals surface area contributed by atoms with Crippen LogP contribution >= 0.6 is 0 Å². The molecule has 0 aliphatic rings. The van der Waals surface area contributed by atoms with E-state index < -0.39 is 5.82 Å². The van der Waals surface area contributed by atoms with Crippen molar-refractivity contribution in [2.24, 2.45) is 0 Å². The molecule has 0 unspecified atom stereocenters. The van der Waals surface area contributed by atoms with E-state index in [4.69, 9.17) is 0 Å². The van der Waals surface area contributed by atoms with Gasteiger partial charge < -0.3 is 16.0 Å². The van der Waals surface area contributed by atoms with Gasteiger partial charge in [0.2, 0.25) is 0 Å². The second-order valence-electron chi connectivity index (χ2n) is 3.16. The molecule has 0 amide bonds. The van der Waals surface area contributed by atoms with E-state index in [9.17, 15) is 9.60 Å². The largest absolute Gasteiger partial charge is 0.761 e. The van der Waals surface area contributed by atoms with Crippen LogP contribution in [-0.2, 0) is 0 Å². The predicted octanol–water partition coefficient (Wildman–Crippen LogP) is 2.87. The van der Waals surface area contributed by atoms with Crippen molar-refractivity contribution in [1.29, 1.82) is 0 Å². The lowest BCUT2D eigenvalue weighted by atomic mass is 10.2. The van der Waals surface area contributed by atoms with Crippen molar-refractivity contribution < 1.29 is 4.39 Å². The van der Waals surface area contributed by atoms with E-state index >= 15 is 0 Å². The molecule has 0 saturated heterocycles. The van der Waals surface area contributed by atoms with Gasteiger partial charge in [0.1, 0.15) is 5.82 Å². The quantitative estimate of drug-likeness (QED) is 0.777. The molecular weight excluding hydrogens is 209 g/mol. The molecule has 4 nitrogen and oxygen atoms in total. The van der Waals surface area contributed by atoms with E-state index in [2.05, 4.69) is 10.3 Å². The van der Waals surface area contributed by atoms with E-state index in [1.807, 2.05) is 0 Å². The number of nitrogens with zero attached hydrogens (tertiary/aromatic N) is 1. The maximum Gasteiger partial charge on any atom is 0.125 e. The van der Waals surface area contributed by atoms with Gasteiger partial charge in [-0.05, 0) is 30.3 Å². The number of hydrogen-bond donors (Lipinski definition) is 2. The smallest absolute Gasteiger partial charge is 0.125 e. The summed E-state index contributed by atoms with van der Waals surface area (Å²) in [5, 5.41) is 13.5. The number of anilines is 3. The number of aromatic nitrogens is 1. The fraction of sp³-hybridized carbons (Fsp3) is 0. The summed E-state index contributed by atoms with van der Waals surface area (Å²) in [4.78, 5) is 3.90. The van der Waals surface area contributed by atoms with Crippen LogP contribution in [0.2, 0.25) is 0 Å². The maximum atomic E-state index is 13.0. The highest BCUT2D eigenvalue weighted by Gasteiger charge is 2.01. The molecule has 0 spiro atoms. The van der Waals surface area contributed by atoms with Crippen molar-refractivity contribution in [2.45, 2.75) is 0 Å². The van der Waals surface area contributed by atoms with Crippen LogP contribution in [0.15, 0.2) is 42.7 Å². The standard InChI is InChI=1S/C11H9FN3O/c12-8-3-4-10(15-16)11(6-8)14-9-2-1-5-13-7-9/h1-7,14-15H/q-1. The first-order valence-corrected chi connectivity index (χ1v) is 4.64. The highest BCUT2D eigenvalue weighted by molar-refractivity contribution is 5.74. The zero-order valence-electron chi connectivity index (χ0n) is 8.27. The number of benzene rings is 1. The van der Waals surface area contributed by atoms with Gasteiger partial charge in [0, 0.05) is 11.9 Å². The number of nitrogens with one attached hydrogen (secondary N) is 2. The normalized spacial score (nSPS) is 9.88. The third-order valence-electron chi connectivity index (χ3n) is 2.03. The molecule has 0 radical (unpaired) electrons. The van der Waals surface area contributed by atoms with Gasteiger partial charge in [-0.15, -0.1) is 0 Å². The minimum atomic E-state index is -0.412. The van der Waals surface area contributed by atoms with Gasteiger partial charge in [-0.2, -0.15) is 0 Å². The van der Waals surface area contributed by atoms with E-state index in [0.29, 0.717) is 11.4 Å². The van der Waals surface area contributed by atoms with Crippen LogP contribution in [0.4, 0.5) is 21.5 Å². The molecule has 16 heavy (non-hydrogen) atoms. The lowest BCUT2D eigenvalue weighted by molar-refractivity contribution is 0.628. The summed E-state index contributed by atoms with van der Waals surface area (Å²) >= 11 is 0. The highest BCUT2D eigenvalue weighted by Crippen LogP contribution is 2.25. The molecule has 1 heterocycles. The first-order chi connectivity index (χ1) is 7.79. The molecule has 0 aliphatic heterocycles. The van der Waals surface area contributed by atoms with Crippen molar-refractivity contribution in [3.63, 3.8) is 0 Å². The average molecular weight is 218 g/mol. The Morgan fingerprint density at radius 1 is 1.19 bits per heavy atom. The highest BCUT2D eigenvalue weighted by atomic mass is 19.1. The maximum absolute atomic E-state index is 13.0. The molecule has 0 saturated carbocycles. The zero-order valence-corrected chi connectivity index (χ0v) is 8.27. The molecule has 0 atom stereocenters. The van der Waals surface area contributed by atoms with Crippen LogP contribution in [0.5, 0.6) is 0 Å². The molecule has 2 N–H and O–H groups in total. The van der Waals surface area contributed by atoms with E-state index in [1.165, 1.54) is 18.2 Å². The van der Waals surface area contributed by atoms with Gasteiger partial charge in [-0.3, -0.25) is 4.98 Å². The third kappa shape index (κ3) is 2.26. The Morgan fingerprint density at radius 3 is 2.75 bits per heavy atom. The van der Waals surface area contributed by atoms with Crippen LogP contribution in [0.3, 0.4) is 0 Å². The molecule has 0 fully saturated rings. The third-order valence-corrected chi connectivity index (χ3v) is 2.03. The summed E-state index contributed by atoms with van der Waals surface area (Å²) in [7, 11) is 0. The Hall–Kier alpha value is -2.14. The number of halogens is 1. The Balaban J connectivity index is 2.30. The molecular formula is C11H9FN3O-. The van der Waals surface area contributed by atoms with Gasteiger partial charge in [0.15, 0.2) is 0 Å². The fourth-order valence-corrected chi connectivity index (χ4v) is 1.30. The van der Waals surface area contributed by atoms with Crippen LogP contribution < -0.4 is 10.8 Å². The summed E-state index contributed by atoms with van der Waals surface area (Å²) in [6.07, 6.45) is 3.21. The van der Waals surface area contributed by atoms with E-state index in [0.717, 1.165) is 0 Å². The summed E-state index contributed by atoms with van der Waals surface area (Å²) < 4.78 is 13.0. The van der Waals surface area contributed by atoms with E-state index in [-0.39, 0.29) is 5.69 Å². The molecule has 2 aromatic rings. The Bertz CT molecular complexity index is 476. The minimum absolute atomic E-state index is 0.283. The van der Waals surface area contributed by atoms with Crippen molar-refractivity contribution in [3.8, 4) is 0 Å². The van der Waals surface area contributed by atoms with Gasteiger partial charge in [-0.25, -0.2) is 4.39 Å². The molecule has 0 bridgehead atoms. The van der Waals surface area contributed by atoms with E-state index in [1.54, 1.807) is 30.0 Å². The minimum Gasteiger partial charge on any atom is -0.761 e. The molecule has 1 aromatic carbocycles. The Morgan fingerprint density at radius 2 is 2.06 bits per heavy atom. The van der Waals surface area contributed by atoms with Gasteiger partial charge in [0.25, 0.3) is 0 Å². The van der Waals surface area contributed by atoms with Gasteiger partial charge in [-0.1, -0.05) is 0 Å². The lowest BCUT2D eigenvalue weighted by Crippen LogP contribution is -1.96. The average Bonchev–Trinajstić information content (AvgIpc) is 2.31. The van der Waals surface area contributed by atoms with Crippen LogP contribution in [-0.4, -0.2) is 4.98 Å². The summed E-state index contributed by atoms with van der Waals surface area (Å²) in [5.41, 5.74) is 3.09. The predicted molar refractivity (Wildman–Crippen MR) is 60.9 cm³/mol. The first-order valence-electron chi connectivity index (χ1n) is 4.64. The lowest BCUT2D eigenvalue weighted by Gasteiger charge is -2.16. The molecule has 2 rings (SSSR count). The zero-order chi connectivity index (χ0) is 11.4. The van der Waals surface area contributed by atoms with Crippen molar-refractivity contribution in [3.05, 3.63) is 53.7 Å². The topological polar surface area (TPSA) is 60.0 Å². The second-order valence-corrected chi connectivity index (χ2v) is 3.16. The number of pyridine rings is 1. The number of hydrogen-bond acceptors (Lipinski definition) is 4. The molecule has 0 aliphatic carbocycles. The molecule has 82 valence electrons. The van der Waals surface area contributed by atoms with Crippen molar-refractivity contribution in [2.75, 3.05) is 10.8 Å². The Labute approximate surface area is 91.7 Å². The summed E-state index contributed by atoms with van der Waals surface area (Å²) in [6.45, 7) is 0. The van der Waals surface area contributed by atoms with Crippen LogP contribution in [0.25, 0.3) is 0 Å². The van der Waals surface area contributed by atoms with Gasteiger partial charge >= 0.3 is 0 Å². The fourth-order valence-electron chi connectivity index (χ4n) is 1.30. The summed E-state index contributed by atoms with van der Waals surface area (Å²) in [5.74, 6) is -0.412. The number of rotatable bonds is 3.